The van der Waals surface area contributed by atoms with Crippen LogP contribution >= 0.6 is 0 Å². The number of nitrogens with one attached hydrogen (secondary N) is 1. The Hall–Kier alpha value is -1.10. The summed E-state index contributed by atoms with van der Waals surface area (Å²) in [7, 11) is 0. The molecule has 1 atom stereocenters. The first kappa shape index (κ1) is 13.3. The van der Waals surface area contributed by atoms with E-state index in [4.69, 9.17) is 9.84 Å². The van der Waals surface area contributed by atoms with Gasteiger partial charge >= 0.3 is 0 Å². The highest BCUT2D eigenvalue weighted by molar-refractivity contribution is 5.44. The van der Waals surface area contributed by atoms with Crippen molar-refractivity contribution in [3.8, 4) is 0 Å². The maximum atomic E-state index is 8.94. The molecule has 0 spiro atoms. The first-order valence-corrected chi connectivity index (χ1v) is 6.53. The minimum atomic E-state index is 0.201. The molecule has 0 radical (unpaired) electrons. The molecule has 1 aromatic carbocycles. The van der Waals surface area contributed by atoms with Crippen molar-refractivity contribution in [2.24, 2.45) is 0 Å². The van der Waals surface area contributed by atoms with E-state index in [0.29, 0.717) is 0 Å². The van der Waals surface area contributed by atoms with E-state index in [9.17, 15) is 0 Å². The third kappa shape index (κ3) is 3.98. The maximum Gasteiger partial charge on any atom is 0.0874 e. The number of aryl methyl sites for hydroxylation is 1. The molecule has 1 aliphatic rings. The summed E-state index contributed by atoms with van der Waals surface area (Å²) in [5, 5.41) is 12.3. The summed E-state index contributed by atoms with van der Waals surface area (Å²) < 4.78 is 5.71. The lowest BCUT2D eigenvalue weighted by Crippen LogP contribution is -2.46. The molecule has 1 saturated heterocycles. The molecule has 1 aromatic rings. The lowest BCUT2D eigenvalue weighted by atomic mass is 10.2. The van der Waals surface area contributed by atoms with Crippen LogP contribution < -0.4 is 5.32 Å². The molecule has 1 fully saturated rings. The number of hydrogen-bond acceptors (Lipinski definition) is 4. The topological polar surface area (TPSA) is 44.7 Å². The quantitative estimate of drug-likeness (QED) is 0.821. The number of morpholine rings is 1. The van der Waals surface area contributed by atoms with Crippen LogP contribution in [-0.2, 0) is 4.74 Å². The first-order valence-electron chi connectivity index (χ1n) is 6.53. The predicted octanol–water partition coefficient (Wildman–Crippen LogP) is 1.10. The van der Waals surface area contributed by atoms with E-state index in [1.807, 2.05) is 0 Å². The van der Waals surface area contributed by atoms with Gasteiger partial charge in [0.2, 0.25) is 0 Å². The van der Waals surface area contributed by atoms with Crippen molar-refractivity contribution in [2.75, 3.05) is 44.7 Å². The number of nitrogens with zero attached hydrogens (tertiary/aromatic N) is 1. The Morgan fingerprint density at radius 1 is 1.39 bits per heavy atom. The van der Waals surface area contributed by atoms with Gasteiger partial charge in [0.05, 0.1) is 19.3 Å². The van der Waals surface area contributed by atoms with Crippen molar-refractivity contribution in [2.45, 2.75) is 13.0 Å². The first-order chi connectivity index (χ1) is 8.78. The molecule has 0 aliphatic carbocycles. The Balaban J connectivity index is 1.77. The second-order valence-corrected chi connectivity index (χ2v) is 4.76. The standard InChI is InChI=1S/C14H22N2O2/c1-12-2-4-13(5-3-12)15-10-14-11-16(6-8-17)7-9-18-14/h2-5,14-15,17H,6-11H2,1H3. The summed E-state index contributed by atoms with van der Waals surface area (Å²) in [4.78, 5) is 2.24. The molecule has 0 bridgehead atoms. The molecule has 2 N–H and O–H groups in total. The van der Waals surface area contributed by atoms with Crippen LogP contribution in [-0.4, -0.2) is 55.5 Å². The lowest BCUT2D eigenvalue weighted by Gasteiger charge is -2.32. The zero-order valence-corrected chi connectivity index (χ0v) is 10.9. The maximum absolute atomic E-state index is 8.94. The number of aliphatic hydroxyl groups excluding tert-OH is 1. The molecule has 1 aliphatic heterocycles. The summed E-state index contributed by atoms with van der Waals surface area (Å²) in [5.41, 5.74) is 2.40. The molecule has 2 rings (SSSR count). The van der Waals surface area contributed by atoms with Gasteiger partial charge < -0.3 is 15.2 Å². The van der Waals surface area contributed by atoms with Gasteiger partial charge in [-0.15, -0.1) is 0 Å². The minimum Gasteiger partial charge on any atom is -0.395 e. The van der Waals surface area contributed by atoms with Crippen LogP contribution in [0.4, 0.5) is 5.69 Å². The van der Waals surface area contributed by atoms with E-state index in [1.54, 1.807) is 0 Å². The monoisotopic (exact) mass is 250 g/mol. The summed E-state index contributed by atoms with van der Waals surface area (Å²) in [6, 6.07) is 8.37. The van der Waals surface area contributed by atoms with Crippen LogP contribution in [0.3, 0.4) is 0 Å². The number of aliphatic hydroxyl groups is 1. The van der Waals surface area contributed by atoms with E-state index in [-0.39, 0.29) is 12.7 Å². The second kappa shape index (κ2) is 6.73. The highest BCUT2D eigenvalue weighted by Gasteiger charge is 2.19. The third-order valence-corrected chi connectivity index (χ3v) is 3.22. The zero-order chi connectivity index (χ0) is 12.8. The smallest absolute Gasteiger partial charge is 0.0874 e. The third-order valence-electron chi connectivity index (χ3n) is 3.22. The van der Waals surface area contributed by atoms with Gasteiger partial charge in [-0.05, 0) is 19.1 Å². The number of ether oxygens (including phenoxy) is 1. The number of hydrogen-bond donors (Lipinski definition) is 2. The predicted molar refractivity (Wildman–Crippen MR) is 72.9 cm³/mol. The van der Waals surface area contributed by atoms with Crippen molar-refractivity contribution in [3.63, 3.8) is 0 Å². The average Bonchev–Trinajstić information content (AvgIpc) is 2.39. The second-order valence-electron chi connectivity index (χ2n) is 4.76. The molecular formula is C14H22N2O2. The molecule has 4 heteroatoms. The molecule has 0 aromatic heterocycles. The van der Waals surface area contributed by atoms with E-state index in [1.165, 1.54) is 5.56 Å². The number of rotatable bonds is 5. The minimum absolute atomic E-state index is 0.201. The van der Waals surface area contributed by atoms with Gasteiger partial charge in [-0.1, -0.05) is 17.7 Å². The Morgan fingerprint density at radius 2 is 2.17 bits per heavy atom. The average molecular weight is 250 g/mol. The van der Waals surface area contributed by atoms with E-state index in [0.717, 1.165) is 38.5 Å². The van der Waals surface area contributed by atoms with Gasteiger partial charge in [0.15, 0.2) is 0 Å². The molecule has 1 unspecified atom stereocenters. The normalized spacial score (nSPS) is 20.9. The fourth-order valence-electron chi connectivity index (χ4n) is 2.15. The van der Waals surface area contributed by atoms with E-state index < -0.39 is 0 Å². The number of benzene rings is 1. The van der Waals surface area contributed by atoms with Crippen LogP contribution in [0, 0.1) is 6.92 Å². The number of β-amino-alcohol motifs (C(OH)–C–C–N with tert-alkyl or cyclic N) is 1. The lowest BCUT2D eigenvalue weighted by molar-refractivity contribution is -0.0251. The Kier molecular flexibility index (Phi) is 4.99. The highest BCUT2D eigenvalue weighted by Crippen LogP contribution is 2.10. The molecule has 100 valence electrons. The van der Waals surface area contributed by atoms with Crippen LogP contribution in [0.15, 0.2) is 24.3 Å². The van der Waals surface area contributed by atoms with Gasteiger partial charge in [0, 0.05) is 31.9 Å². The van der Waals surface area contributed by atoms with Crippen molar-refractivity contribution >= 4 is 5.69 Å². The van der Waals surface area contributed by atoms with Crippen molar-refractivity contribution in [1.82, 2.24) is 4.90 Å². The van der Waals surface area contributed by atoms with Gasteiger partial charge in [-0.2, -0.15) is 0 Å². The molecule has 0 saturated carbocycles. The van der Waals surface area contributed by atoms with E-state index >= 15 is 0 Å². The molecule has 18 heavy (non-hydrogen) atoms. The van der Waals surface area contributed by atoms with Crippen LogP contribution in [0.25, 0.3) is 0 Å². The van der Waals surface area contributed by atoms with Crippen molar-refractivity contribution in [1.29, 1.82) is 0 Å². The summed E-state index contributed by atoms with van der Waals surface area (Å²) in [5.74, 6) is 0. The summed E-state index contributed by atoms with van der Waals surface area (Å²) in [6.45, 7) is 6.41. The SMILES string of the molecule is Cc1ccc(NCC2CN(CCO)CCO2)cc1. The van der Waals surface area contributed by atoms with E-state index in [2.05, 4.69) is 41.4 Å². The number of anilines is 1. The zero-order valence-electron chi connectivity index (χ0n) is 10.9. The fraction of sp³-hybridized carbons (Fsp3) is 0.571. The van der Waals surface area contributed by atoms with Crippen LogP contribution in [0.2, 0.25) is 0 Å². The van der Waals surface area contributed by atoms with Gasteiger partial charge in [-0.3, -0.25) is 4.90 Å². The highest BCUT2D eigenvalue weighted by atomic mass is 16.5. The Morgan fingerprint density at radius 3 is 2.89 bits per heavy atom. The Bertz CT molecular complexity index is 351. The molecule has 0 amide bonds. The summed E-state index contributed by atoms with van der Waals surface area (Å²) >= 11 is 0. The fourth-order valence-corrected chi connectivity index (χ4v) is 2.15. The van der Waals surface area contributed by atoms with Crippen molar-refractivity contribution in [3.05, 3.63) is 29.8 Å². The molecular weight excluding hydrogens is 228 g/mol. The largest absolute Gasteiger partial charge is 0.395 e. The molecule has 1 heterocycles. The van der Waals surface area contributed by atoms with Gasteiger partial charge in [0.25, 0.3) is 0 Å². The van der Waals surface area contributed by atoms with Crippen molar-refractivity contribution < 1.29 is 9.84 Å². The summed E-state index contributed by atoms with van der Waals surface area (Å²) in [6.07, 6.45) is 0.201. The van der Waals surface area contributed by atoms with Crippen LogP contribution in [0.1, 0.15) is 5.56 Å². The van der Waals surface area contributed by atoms with Gasteiger partial charge in [0.1, 0.15) is 0 Å². The van der Waals surface area contributed by atoms with Crippen LogP contribution in [0.5, 0.6) is 0 Å². The Labute approximate surface area is 109 Å². The molecule has 4 nitrogen and oxygen atoms in total. The van der Waals surface area contributed by atoms with Gasteiger partial charge in [-0.25, -0.2) is 0 Å².